The van der Waals surface area contributed by atoms with Gasteiger partial charge in [-0.3, -0.25) is 4.57 Å². The smallest absolute Gasteiger partial charge is 0.192 e. The molecule has 3 N–H and O–H groups in total. The van der Waals surface area contributed by atoms with Gasteiger partial charge in [-0.15, -0.1) is 0 Å². The third-order valence-corrected chi connectivity index (χ3v) is 1.01. The maximum absolute atomic E-state index is 9.84. The standard InChI is InChI=1S/C3H8NO2P/c4-2-1-3-7(5)6/h1-2,7H,3-4H2,(H,5,6). The Morgan fingerprint density at radius 3 is 2.57 bits per heavy atom. The molecule has 0 aromatic carbocycles. The fourth-order valence-corrected chi connectivity index (χ4v) is 0.507. The van der Waals surface area contributed by atoms with Crippen molar-refractivity contribution in [3.63, 3.8) is 0 Å². The van der Waals surface area contributed by atoms with E-state index in [1.807, 2.05) is 0 Å². The molecular formula is C3H8NO2P. The van der Waals surface area contributed by atoms with Crippen molar-refractivity contribution >= 4 is 8.03 Å². The van der Waals surface area contributed by atoms with E-state index < -0.39 is 8.03 Å². The zero-order valence-corrected chi connectivity index (χ0v) is 4.79. The lowest BCUT2D eigenvalue weighted by Gasteiger charge is -1.79. The molecule has 0 spiro atoms. The Balaban J connectivity index is 3.14. The van der Waals surface area contributed by atoms with Crippen LogP contribution in [0.5, 0.6) is 0 Å². The summed E-state index contributed by atoms with van der Waals surface area (Å²) in [5.41, 5.74) is 4.86. The lowest BCUT2D eigenvalue weighted by atomic mass is 10.7. The summed E-state index contributed by atoms with van der Waals surface area (Å²) >= 11 is 0. The predicted octanol–water partition coefficient (Wildman–Crippen LogP) is -0.0742. The monoisotopic (exact) mass is 121 g/mol. The maximum atomic E-state index is 9.84. The van der Waals surface area contributed by atoms with Crippen molar-refractivity contribution in [3.8, 4) is 0 Å². The van der Waals surface area contributed by atoms with Crippen LogP contribution in [0.4, 0.5) is 0 Å². The van der Waals surface area contributed by atoms with E-state index in [1.165, 1.54) is 12.3 Å². The van der Waals surface area contributed by atoms with Gasteiger partial charge in [0.05, 0.1) is 0 Å². The normalized spacial score (nSPS) is 15.0. The third-order valence-electron chi connectivity index (χ3n) is 0.429. The van der Waals surface area contributed by atoms with E-state index >= 15 is 0 Å². The molecule has 1 unspecified atom stereocenters. The summed E-state index contributed by atoms with van der Waals surface area (Å²) in [7, 11) is -2.31. The van der Waals surface area contributed by atoms with E-state index in [0.29, 0.717) is 0 Å². The van der Waals surface area contributed by atoms with E-state index in [1.54, 1.807) is 0 Å². The van der Waals surface area contributed by atoms with Gasteiger partial charge in [0.2, 0.25) is 0 Å². The Hall–Kier alpha value is -0.270. The second kappa shape index (κ2) is 3.90. The average Bonchev–Trinajstić information content (AvgIpc) is 1.61. The van der Waals surface area contributed by atoms with Crippen LogP contribution in [0.2, 0.25) is 0 Å². The molecule has 0 aliphatic heterocycles. The van der Waals surface area contributed by atoms with Crippen molar-refractivity contribution in [2.75, 3.05) is 6.16 Å². The van der Waals surface area contributed by atoms with E-state index in [4.69, 9.17) is 10.6 Å². The average molecular weight is 121 g/mol. The molecule has 0 saturated heterocycles. The van der Waals surface area contributed by atoms with Crippen LogP contribution in [0.15, 0.2) is 12.3 Å². The molecule has 0 aliphatic carbocycles. The van der Waals surface area contributed by atoms with Crippen LogP contribution < -0.4 is 5.73 Å². The first kappa shape index (κ1) is 6.73. The first-order valence-corrected chi connectivity index (χ1v) is 3.42. The van der Waals surface area contributed by atoms with Gasteiger partial charge in [0.15, 0.2) is 8.03 Å². The van der Waals surface area contributed by atoms with E-state index in [9.17, 15) is 4.57 Å². The van der Waals surface area contributed by atoms with Crippen LogP contribution in [0, 0.1) is 0 Å². The molecule has 0 fully saturated rings. The quantitative estimate of drug-likeness (QED) is 0.502. The van der Waals surface area contributed by atoms with E-state index in [-0.39, 0.29) is 6.16 Å². The molecule has 0 radical (unpaired) electrons. The molecule has 4 heteroatoms. The van der Waals surface area contributed by atoms with Gasteiger partial charge in [0.1, 0.15) is 0 Å². The Bertz CT molecular complexity index is 90.9. The molecule has 0 aliphatic rings. The Labute approximate surface area is 42.7 Å². The van der Waals surface area contributed by atoms with Crippen molar-refractivity contribution in [1.29, 1.82) is 0 Å². The molecule has 0 rings (SSSR count). The first-order chi connectivity index (χ1) is 3.27. The van der Waals surface area contributed by atoms with Crippen LogP contribution in [0.1, 0.15) is 0 Å². The fourth-order valence-electron chi connectivity index (χ4n) is 0.169. The van der Waals surface area contributed by atoms with Gasteiger partial charge >= 0.3 is 0 Å². The summed E-state index contributed by atoms with van der Waals surface area (Å²) in [5.74, 6) is 0. The molecule has 0 bridgehead atoms. The van der Waals surface area contributed by atoms with Gasteiger partial charge < -0.3 is 10.6 Å². The van der Waals surface area contributed by atoms with Gasteiger partial charge in [0.25, 0.3) is 0 Å². The zero-order valence-electron chi connectivity index (χ0n) is 3.79. The summed E-state index contributed by atoms with van der Waals surface area (Å²) in [6, 6.07) is 0. The highest BCUT2D eigenvalue weighted by molar-refractivity contribution is 7.38. The molecule has 0 heterocycles. The number of allylic oxidation sites excluding steroid dienone is 1. The molecule has 0 aromatic heterocycles. The minimum absolute atomic E-state index is 0.196. The van der Waals surface area contributed by atoms with Crippen LogP contribution in [-0.2, 0) is 4.57 Å². The van der Waals surface area contributed by atoms with E-state index in [0.717, 1.165) is 0 Å². The number of hydrogen-bond donors (Lipinski definition) is 2. The molecule has 1 atom stereocenters. The second-order valence-electron chi connectivity index (χ2n) is 1.03. The molecular weight excluding hydrogens is 113 g/mol. The molecule has 0 amide bonds. The van der Waals surface area contributed by atoms with Gasteiger partial charge in [-0.05, 0) is 6.20 Å². The third kappa shape index (κ3) is 5.73. The molecule has 0 aromatic rings. The second-order valence-corrected chi connectivity index (χ2v) is 2.22. The minimum atomic E-state index is -2.31. The van der Waals surface area contributed by atoms with Crippen LogP contribution in [0.3, 0.4) is 0 Å². The van der Waals surface area contributed by atoms with Crippen molar-refractivity contribution in [2.45, 2.75) is 0 Å². The van der Waals surface area contributed by atoms with Crippen LogP contribution in [-0.4, -0.2) is 11.1 Å². The Morgan fingerprint density at radius 1 is 1.86 bits per heavy atom. The lowest BCUT2D eigenvalue weighted by molar-refractivity contribution is 0.506. The first-order valence-electron chi connectivity index (χ1n) is 1.86. The highest BCUT2D eigenvalue weighted by Gasteiger charge is 1.81. The van der Waals surface area contributed by atoms with Crippen molar-refractivity contribution in [1.82, 2.24) is 0 Å². The summed E-state index contributed by atoms with van der Waals surface area (Å²) < 4.78 is 9.84. The summed E-state index contributed by atoms with van der Waals surface area (Å²) in [6.07, 6.45) is 2.92. The SMILES string of the molecule is NC=CC[PH](=O)O. The van der Waals surface area contributed by atoms with Crippen molar-refractivity contribution in [2.24, 2.45) is 5.73 Å². The zero-order chi connectivity index (χ0) is 5.70. The number of rotatable bonds is 2. The summed E-state index contributed by atoms with van der Waals surface area (Å²) in [5, 5.41) is 0. The Morgan fingerprint density at radius 2 is 2.43 bits per heavy atom. The minimum Gasteiger partial charge on any atom is -0.405 e. The maximum Gasteiger partial charge on any atom is 0.192 e. The molecule has 42 valence electrons. The highest BCUT2D eigenvalue weighted by Crippen LogP contribution is 2.10. The van der Waals surface area contributed by atoms with Gasteiger partial charge in [-0.2, -0.15) is 0 Å². The molecule has 3 nitrogen and oxygen atoms in total. The van der Waals surface area contributed by atoms with Crippen molar-refractivity contribution in [3.05, 3.63) is 12.3 Å². The Kier molecular flexibility index (Phi) is 3.75. The highest BCUT2D eigenvalue weighted by atomic mass is 31.1. The largest absolute Gasteiger partial charge is 0.405 e. The molecule has 7 heavy (non-hydrogen) atoms. The molecule has 0 saturated carbocycles. The van der Waals surface area contributed by atoms with Crippen molar-refractivity contribution < 1.29 is 9.46 Å². The summed E-state index contributed by atoms with van der Waals surface area (Å²) in [4.78, 5) is 8.12. The van der Waals surface area contributed by atoms with Gasteiger partial charge in [-0.25, -0.2) is 0 Å². The predicted molar refractivity (Wildman–Crippen MR) is 29.4 cm³/mol. The van der Waals surface area contributed by atoms with E-state index in [2.05, 4.69) is 0 Å². The fraction of sp³-hybridized carbons (Fsp3) is 0.333. The van der Waals surface area contributed by atoms with Gasteiger partial charge in [0, 0.05) is 6.16 Å². The summed E-state index contributed by atoms with van der Waals surface area (Å²) in [6.45, 7) is 0. The van der Waals surface area contributed by atoms with Crippen LogP contribution in [0.25, 0.3) is 0 Å². The topological polar surface area (TPSA) is 63.3 Å². The number of nitrogens with two attached hydrogens (primary N) is 1. The van der Waals surface area contributed by atoms with Crippen LogP contribution >= 0.6 is 8.03 Å². The number of hydrogen-bond acceptors (Lipinski definition) is 2. The van der Waals surface area contributed by atoms with Gasteiger partial charge in [-0.1, -0.05) is 6.08 Å². The lowest BCUT2D eigenvalue weighted by Crippen LogP contribution is -1.76.